The monoisotopic (exact) mass is 365 g/mol. The Hall–Kier alpha value is -3.16. The summed E-state index contributed by atoms with van der Waals surface area (Å²) in [7, 11) is 0. The van der Waals surface area contributed by atoms with Gasteiger partial charge in [-0.1, -0.05) is 6.07 Å². The highest BCUT2D eigenvalue weighted by Gasteiger charge is 2.22. The summed E-state index contributed by atoms with van der Waals surface area (Å²) < 4.78 is 1.72. The van der Waals surface area contributed by atoms with Gasteiger partial charge in [0.25, 0.3) is 0 Å². The van der Waals surface area contributed by atoms with E-state index in [-0.39, 0.29) is 6.03 Å². The highest BCUT2D eigenvalue weighted by atomic mass is 16.2. The molecule has 0 atom stereocenters. The second-order valence-corrected chi connectivity index (χ2v) is 6.93. The summed E-state index contributed by atoms with van der Waals surface area (Å²) in [5.74, 6) is 0.768. The number of aromatic nitrogens is 4. The van der Waals surface area contributed by atoms with Gasteiger partial charge < -0.3 is 15.1 Å². The van der Waals surface area contributed by atoms with E-state index >= 15 is 0 Å². The molecule has 0 saturated carbocycles. The fourth-order valence-corrected chi connectivity index (χ4v) is 3.26. The van der Waals surface area contributed by atoms with Gasteiger partial charge >= 0.3 is 6.03 Å². The fourth-order valence-electron chi connectivity index (χ4n) is 3.26. The van der Waals surface area contributed by atoms with E-state index in [4.69, 9.17) is 0 Å². The van der Waals surface area contributed by atoms with Gasteiger partial charge in [-0.2, -0.15) is 9.61 Å². The third kappa shape index (κ3) is 3.42. The van der Waals surface area contributed by atoms with Crippen LogP contribution in [0.5, 0.6) is 0 Å². The molecule has 140 valence electrons. The minimum atomic E-state index is -0.0560. The zero-order valence-corrected chi connectivity index (χ0v) is 15.8. The van der Waals surface area contributed by atoms with Crippen LogP contribution in [0, 0.1) is 20.8 Å². The number of rotatable bonds is 2. The zero-order valence-electron chi connectivity index (χ0n) is 15.8. The molecule has 1 saturated heterocycles. The molecule has 0 spiro atoms. The molecule has 0 radical (unpaired) electrons. The Labute approximate surface area is 157 Å². The normalized spacial score (nSPS) is 14.6. The summed E-state index contributed by atoms with van der Waals surface area (Å²) in [5.41, 5.74) is 4.96. The van der Waals surface area contributed by atoms with Gasteiger partial charge in [-0.05, 0) is 44.0 Å². The van der Waals surface area contributed by atoms with Crippen LogP contribution in [0.3, 0.4) is 0 Å². The van der Waals surface area contributed by atoms with Crippen LogP contribution in [0.1, 0.15) is 17.0 Å². The lowest BCUT2D eigenvalue weighted by molar-refractivity contribution is 0.208. The van der Waals surface area contributed by atoms with E-state index in [0.29, 0.717) is 13.1 Å². The van der Waals surface area contributed by atoms with Crippen LogP contribution in [0.25, 0.3) is 5.65 Å². The number of nitrogens with one attached hydrogen (secondary N) is 1. The van der Waals surface area contributed by atoms with Crippen molar-refractivity contribution in [1.82, 2.24) is 24.7 Å². The summed E-state index contributed by atoms with van der Waals surface area (Å²) in [5, 5.41) is 15.6. The Bertz CT molecular complexity index is 989. The van der Waals surface area contributed by atoms with Gasteiger partial charge in [0.15, 0.2) is 11.5 Å². The number of aryl methyl sites for hydroxylation is 3. The third-order valence-corrected chi connectivity index (χ3v) is 5.09. The standard InChI is InChI=1S/C19H23N7O/c1-13-4-5-16(10-14(13)2)21-19(27)25-8-6-24(7-9-25)17-11-18-23-22-15(3)26(18)20-12-17/h4-5,10-12H,6-9H2,1-3H3,(H,21,27). The van der Waals surface area contributed by atoms with Crippen molar-refractivity contribution in [3.8, 4) is 0 Å². The van der Waals surface area contributed by atoms with Crippen molar-refractivity contribution in [2.24, 2.45) is 0 Å². The molecule has 2 aromatic heterocycles. The number of benzene rings is 1. The van der Waals surface area contributed by atoms with E-state index in [1.165, 1.54) is 11.1 Å². The maximum absolute atomic E-state index is 12.5. The first-order chi connectivity index (χ1) is 13.0. The molecule has 0 bridgehead atoms. The molecule has 1 N–H and O–H groups in total. The first kappa shape index (κ1) is 17.3. The van der Waals surface area contributed by atoms with Crippen LogP contribution in [-0.4, -0.2) is 56.9 Å². The van der Waals surface area contributed by atoms with E-state index in [2.05, 4.69) is 32.4 Å². The third-order valence-electron chi connectivity index (χ3n) is 5.09. The maximum Gasteiger partial charge on any atom is 0.321 e. The molecule has 0 unspecified atom stereocenters. The Morgan fingerprint density at radius 1 is 1.00 bits per heavy atom. The van der Waals surface area contributed by atoms with Crippen LogP contribution < -0.4 is 10.2 Å². The quantitative estimate of drug-likeness (QED) is 0.754. The van der Waals surface area contributed by atoms with E-state index in [0.717, 1.165) is 35.9 Å². The first-order valence-corrected chi connectivity index (χ1v) is 9.07. The van der Waals surface area contributed by atoms with E-state index < -0.39 is 0 Å². The van der Waals surface area contributed by atoms with Gasteiger partial charge in [0.05, 0.1) is 11.9 Å². The van der Waals surface area contributed by atoms with E-state index in [9.17, 15) is 4.79 Å². The van der Waals surface area contributed by atoms with E-state index in [1.54, 1.807) is 4.52 Å². The fraction of sp³-hybridized carbons (Fsp3) is 0.368. The number of piperazine rings is 1. The number of carbonyl (C=O) groups is 1. The molecule has 3 aromatic rings. The topological polar surface area (TPSA) is 78.7 Å². The molecule has 0 aliphatic carbocycles. The average molecular weight is 365 g/mol. The number of anilines is 2. The van der Waals surface area contributed by atoms with Crippen LogP contribution in [0.4, 0.5) is 16.2 Å². The van der Waals surface area contributed by atoms with Crippen LogP contribution in [-0.2, 0) is 0 Å². The van der Waals surface area contributed by atoms with Crippen molar-refractivity contribution < 1.29 is 4.79 Å². The Morgan fingerprint density at radius 2 is 1.78 bits per heavy atom. The minimum absolute atomic E-state index is 0.0560. The number of nitrogens with zero attached hydrogens (tertiary/aromatic N) is 6. The van der Waals surface area contributed by atoms with Crippen molar-refractivity contribution in [2.45, 2.75) is 20.8 Å². The van der Waals surface area contributed by atoms with Gasteiger partial charge in [-0.25, -0.2) is 4.79 Å². The lowest BCUT2D eigenvalue weighted by Crippen LogP contribution is -2.50. The number of amides is 2. The van der Waals surface area contributed by atoms with Gasteiger partial charge in [0.2, 0.25) is 0 Å². The highest BCUT2D eigenvalue weighted by Crippen LogP contribution is 2.18. The van der Waals surface area contributed by atoms with Crippen LogP contribution in [0.2, 0.25) is 0 Å². The smallest absolute Gasteiger partial charge is 0.321 e. The molecule has 4 rings (SSSR count). The van der Waals surface area contributed by atoms with Crippen molar-refractivity contribution in [2.75, 3.05) is 36.4 Å². The molecule has 27 heavy (non-hydrogen) atoms. The molecule has 8 nitrogen and oxygen atoms in total. The second kappa shape index (κ2) is 6.86. The SMILES string of the molecule is Cc1ccc(NC(=O)N2CCN(c3cnn4c(C)nnc4c3)CC2)cc1C. The van der Waals surface area contributed by atoms with Gasteiger partial charge in [-0.3, -0.25) is 0 Å². The average Bonchev–Trinajstić information content (AvgIpc) is 3.05. The largest absolute Gasteiger partial charge is 0.367 e. The summed E-state index contributed by atoms with van der Waals surface area (Å²) in [6.07, 6.45) is 1.83. The molecule has 8 heteroatoms. The number of urea groups is 1. The Morgan fingerprint density at radius 3 is 2.52 bits per heavy atom. The summed E-state index contributed by atoms with van der Waals surface area (Å²) in [6, 6.07) is 7.90. The number of hydrogen-bond donors (Lipinski definition) is 1. The summed E-state index contributed by atoms with van der Waals surface area (Å²) >= 11 is 0. The lowest BCUT2D eigenvalue weighted by Gasteiger charge is -2.35. The molecule has 2 amide bonds. The van der Waals surface area contributed by atoms with Crippen molar-refractivity contribution >= 4 is 23.1 Å². The molecular formula is C19H23N7O. The Kier molecular flexibility index (Phi) is 4.39. The minimum Gasteiger partial charge on any atom is -0.367 e. The number of fused-ring (bicyclic) bond motifs is 1. The van der Waals surface area contributed by atoms with Gasteiger partial charge in [0, 0.05) is 37.9 Å². The highest BCUT2D eigenvalue weighted by molar-refractivity contribution is 5.89. The second-order valence-electron chi connectivity index (χ2n) is 6.93. The Balaban J connectivity index is 1.38. The molecule has 1 fully saturated rings. The number of hydrogen-bond acceptors (Lipinski definition) is 5. The van der Waals surface area contributed by atoms with Crippen LogP contribution in [0.15, 0.2) is 30.5 Å². The predicted octanol–water partition coefficient (Wildman–Crippen LogP) is 2.40. The molecule has 1 aliphatic heterocycles. The van der Waals surface area contributed by atoms with Crippen molar-refractivity contribution in [3.63, 3.8) is 0 Å². The van der Waals surface area contributed by atoms with Gasteiger partial charge in [0.1, 0.15) is 0 Å². The predicted molar refractivity (Wildman–Crippen MR) is 104 cm³/mol. The number of carbonyl (C=O) groups excluding carboxylic acids is 1. The van der Waals surface area contributed by atoms with Crippen LogP contribution >= 0.6 is 0 Å². The first-order valence-electron chi connectivity index (χ1n) is 9.07. The summed E-state index contributed by atoms with van der Waals surface area (Å²) in [6.45, 7) is 8.82. The summed E-state index contributed by atoms with van der Waals surface area (Å²) in [4.78, 5) is 16.6. The maximum atomic E-state index is 12.5. The molecule has 1 aliphatic rings. The lowest BCUT2D eigenvalue weighted by atomic mass is 10.1. The van der Waals surface area contributed by atoms with Crippen molar-refractivity contribution in [3.05, 3.63) is 47.4 Å². The van der Waals surface area contributed by atoms with E-state index in [1.807, 2.05) is 49.2 Å². The zero-order chi connectivity index (χ0) is 19.0. The van der Waals surface area contributed by atoms with Gasteiger partial charge in [-0.15, -0.1) is 10.2 Å². The molecule has 1 aromatic carbocycles. The molecule has 3 heterocycles. The molecular weight excluding hydrogens is 342 g/mol. The van der Waals surface area contributed by atoms with Crippen molar-refractivity contribution in [1.29, 1.82) is 0 Å².